The SMILES string of the molecule is C#CCO/N=C(/C(=O)OCC)c1csc(N)n1. The number of hydrogen-bond donors (Lipinski definition) is 1. The Morgan fingerprint density at radius 1 is 1.76 bits per heavy atom. The molecule has 0 saturated heterocycles. The minimum absolute atomic E-state index is 0.0392. The molecule has 0 aromatic carbocycles. The smallest absolute Gasteiger partial charge is 0.362 e. The highest BCUT2D eigenvalue weighted by Gasteiger charge is 2.19. The van der Waals surface area contributed by atoms with Crippen LogP contribution in [0.1, 0.15) is 12.6 Å². The Morgan fingerprint density at radius 2 is 2.53 bits per heavy atom. The van der Waals surface area contributed by atoms with Gasteiger partial charge in [0.15, 0.2) is 11.7 Å². The summed E-state index contributed by atoms with van der Waals surface area (Å²) in [6, 6.07) is 0. The minimum atomic E-state index is -0.630. The first kappa shape index (κ1) is 13.0. The second-order valence-corrected chi connectivity index (χ2v) is 3.60. The number of ether oxygens (including phenoxy) is 1. The van der Waals surface area contributed by atoms with Gasteiger partial charge in [0.25, 0.3) is 0 Å². The molecule has 0 fully saturated rings. The fraction of sp³-hybridized carbons (Fsp3) is 0.300. The van der Waals surface area contributed by atoms with Crippen molar-refractivity contribution in [3.05, 3.63) is 11.1 Å². The van der Waals surface area contributed by atoms with E-state index < -0.39 is 5.97 Å². The lowest BCUT2D eigenvalue weighted by molar-refractivity contribution is -0.135. The monoisotopic (exact) mass is 253 g/mol. The van der Waals surface area contributed by atoms with Gasteiger partial charge in [-0.1, -0.05) is 11.1 Å². The van der Waals surface area contributed by atoms with Gasteiger partial charge in [-0.2, -0.15) is 0 Å². The molecule has 0 radical (unpaired) electrons. The van der Waals surface area contributed by atoms with Crippen LogP contribution in [-0.2, 0) is 14.4 Å². The largest absolute Gasteiger partial charge is 0.461 e. The maximum absolute atomic E-state index is 11.6. The summed E-state index contributed by atoms with van der Waals surface area (Å²) in [4.78, 5) is 20.3. The van der Waals surface area contributed by atoms with Crippen molar-refractivity contribution in [2.75, 3.05) is 18.9 Å². The second kappa shape index (κ2) is 6.50. The Labute approximate surface area is 102 Å². The van der Waals surface area contributed by atoms with Gasteiger partial charge in [0.1, 0.15) is 5.69 Å². The highest BCUT2D eigenvalue weighted by molar-refractivity contribution is 7.13. The van der Waals surface area contributed by atoms with E-state index in [1.54, 1.807) is 12.3 Å². The first-order chi connectivity index (χ1) is 8.19. The maximum atomic E-state index is 11.6. The Morgan fingerprint density at radius 3 is 3.06 bits per heavy atom. The van der Waals surface area contributed by atoms with Gasteiger partial charge in [-0.15, -0.1) is 17.8 Å². The van der Waals surface area contributed by atoms with Crippen LogP contribution >= 0.6 is 11.3 Å². The lowest BCUT2D eigenvalue weighted by atomic mass is 10.3. The summed E-state index contributed by atoms with van der Waals surface area (Å²) in [7, 11) is 0. The first-order valence-corrected chi connectivity index (χ1v) is 5.59. The van der Waals surface area contributed by atoms with Crippen molar-refractivity contribution in [2.45, 2.75) is 6.92 Å². The Kier molecular flexibility index (Phi) is 4.97. The van der Waals surface area contributed by atoms with E-state index in [1.165, 1.54) is 11.3 Å². The van der Waals surface area contributed by atoms with Crippen LogP contribution in [-0.4, -0.2) is 29.9 Å². The van der Waals surface area contributed by atoms with Gasteiger partial charge in [0.05, 0.1) is 6.61 Å². The first-order valence-electron chi connectivity index (χ1n) is 4.71. The molecule has 0 spiro atoms. The van der Waals surface area contributed by atoms with Gasteiger partial charge < -0.3 is 15.3 Å². The Hall–Kier alpha value is -2.07. The fourth-order valence-electron chi connectivity index (χ4n) is 0.919. The number of nitrogens with zero attached hydrogens (tertiary/aromatic N) is 2. The van der Waals surface area contributed by atoms with Crippen molar-refractivity contribution >= 4 is 28.1 Å². The Bertz CT molecular complexity index is 462. The summed E-state index contributed by atoms with van der Waals surface area (Å²) in [5.74, 6) is 1.60. The number of esters is 1. The van der Waals surface area contributed by atoms with Crippen LogP contribution in [0.5, 0.6) is 0 Å². The van der Waals surface area contributed by atoms with Crippen LogP contribution in [0.25, 0.3) is 0 Å². The number of nitrogen functional groups attached to an aromatic ring is 1. The number of nitrogens with two attached hydrogens (primary N) is 1. The molecule has 0 atom stereocenters. The van der Waals surface area contributed by atoms with Crippen LogP contribution in [0.4, 0.5) is 5.13 Å². The van der Waals surface area contributed by atoms with Gasteiger partial charge >= 0.3 is 5.97 Å². The summed E-state index contributed by atoms with van der Waals surface area (Å²) in [6.45, 7) is 1.88. The van der Waals surface area contributed by atoms with Crippen molar-refractivity contribution in [1.29, 1.82) is 0 Å². The number of anilines is 1. The highest BCUT2D eigenvalue weighted by Crippen LogP contribution is 2.12. The number of terminal acetylenes is 1. The molecule has 17 heavy (non-hydrogen) atoms. The van der Waals surface area contributed by atoms with Crippen molar-refractivity contribution in [3.8, 4) is 12.3 Å². The lowest BCUT2D eigenvalue weighted by Gasteiger charge is -2.02. The zero-order valence-electron chi connectivity index (χ0n) is 9.17. The zero-order chi connectivity index (χ0) is 12.7. The standard InChI is InChI=1S/C10H11N3O3S/c1-3-5-16-13-8(9(14)15-4-2)7-6-17-10(11)12-7/h1,6H,4-5H2,2H3,(H2,11,12)/b13-8+. The molecule has 0 aliphatic rings. The normalized spacial score (nSPS) is 10.7. The van der Waals surface area contributed by atoms with Gasteiger partial charge in [-0.05, 0) is 6.92 Å². The molecule has 0 amide bonds. The molecule has 0 unspecified atom stereocenters. The molecule has 6 nitrogen and oxygen atoms in total. The number of carbonyl (C=O) groups is 1. The quantitative estimate of drug-likeness (QED) is 0.273. The predicted molar refractivity (Wildman–Crippen MR) is 64.5 cm³/mol. The van der Waals surface area contributed by atoms with Crippen LogP contribution in [0.2, 0.25) is 0 Å². The molecule has 0 saturated carbocycles. The molecule has 0 aliphatic heterocycles. The Balaban J connectivity index is 2.90. The number of aromatic nitrogens is 1. The molecule has 2 N–H and O–H groups in total. The van der Waals surface area contributed by atoms with E-state index in [2.05, 4.69) is 16.1 Å². The number of thiazole rings is 1. The lowest BCUT2D eigenvalue weighted by Crippen LogP contribution is -2.19. The summed E-state index contributed by atoms with van der Waals surface area (Å²) < 4.78 is 4.82. The average Bonchev–Trinajstić information content (AvgIpc) is 2.71. The van der Waals surface area contributed by atoms with E-state index >= 15 is 0 Å². The predicted octanol–water partition coefficient (Wildman–Crippen LogP) is 0.642. The molecule has 7 heteroatoms. The molecule has 0 aliphatic carbocycles. The van der Waals surface area contributed by atoms with E-state index in [9.17, 15) is 4.79 Å². The van der Waals surface area contributed by atoms with E-state index in [-0.39, 0.29) is 18.9 Å². The molecule has 1 aromatic rings. The third kappa shape index (κ3) is 3.77. The summed E-state index contributed by atoms with van der Waals surface area (Å²) >= 11 is 1.19. The number of oxime groups is 1. The van der Waals surface area contributed by atoms with E-state index in [0.29, 0.717) is 10.8 Å². The summed E-state index contributed by atoms with van der Waals surface area (Å²) in [5.41, 5.74) is 5.73. The summed E-state index contributed by atoms with van der Waals surface area (Å²) in [6.07, 6.45) is 5.00. The van der Waals surface area contributed by atoms with E-state index in [0.717, 1.165) is 0 Å². The van der Waals surface area contributed by atoms with Crippen LogP contribution in [0.3, 0.4) is 0 Å². The van der Waals surface area contributed by atoms with Gasteiger partial charge in [-0.3, -0.25) is 0 Å². The summed E-state index contributed by atoms with van der Waals surface area (Å²) in [5, 5.41) is 5.52. The van der Waals surface area contributed by atoms with E-state index in [4.69, 9.17) is 21.7 Å². The third-order valence-electron chi connectivity index (χ3n) is 1.54. The van der Waals surface area contributed by atoms with Gasteiger partial charge in [-0.25, -0.2) is 9.78 Å². The van der Waals surface area contributed by atoms with Crippen LogP contribution < -0.4 is 5.73 Å². The fourth-order valence-corrected chi connectivity index (χ4v) is 1.47. The number of hydrogen-bond acceptors (Lipinski definition) is 7. The molecular formula is C10H11N3O3S. The third-order valence-corrected chi connectivity index (χ3v) is 2.21. The maximum Gasteiger partial charge on any atom is 0.362 e. The molecule has 1 rings (SSSR count). The molecule has 0 bridgehead atoms. The zero-order valence-corrected chi connectivity index (χ0v) is 9.99. The topological polar surface area (TPSA) is 86.8 Å². The molecule has 1 heterocycles. The van der Waals surface area contributed by atoms with Crippen molar-refractivity contribution in [2.24, 2.45) is 5.16 Å². The van der Waals surface area contributed by atoms with Crippen LogP contribution in [0.15, 0.2) is 10.5 Å². The van der Waals surface area contributed by atoms with Crippen molar-refractivity contribution < 1.29 is 14.4 Å². The average molecular weight is 253 g/mol. The molecular weight excluding hydrogens is 242 g/mol. The number of carbonyl (C=O) groups excluding carboxylic acids is 1. The molecule has 90 valence electrons. The van der Waals surface area contributed by atoms with Gasteiger partial charge in [0.2, 0.25) is 5.71 Å². The van der Waals surface area contributed by atoms with Crippen molar-refractivity contribution in [3.63, 3.8) is 0 Å². The second-order valence-electron chi connectivity index (χ2n) is 2.71. The van der Waals surface area contributed by atoms with Crippen LogP contribution in [0, 0.1) is 12.3 Å². The van der Waals surface area contributed by atoms with Crippen molar-refractivity contribution in [1.82, 2.24) is 4.98 Å². The highest BCUT2D eigenvalue weighted by atomic mass is 32.1. The molecule has 1 aromatic heterocycles. The van der Waals surface area contributed by atoms with E-state index in [1.807, 2.05) is 0 Å². The van der Waals surface area contributed by atoms with Gasteiger partial charge in [0, 0.05) is 5.38 Å². The minimum Gasteiger partial charge on any atom is -0.461 e. The number of rotatable bonds is 5.